The molecule has 0 radical (unpaired) electrons. The molecule has 0 atom stereocenters. The minimum Gasteiger partial charge on any atom is -0.395 e. The van der Waals surface area contributed by atoms with Gasteiger partial charge in [-0.1, -0.05) is 18.8 Å². The fraction of sp³-hybridized carbons (Fsp3) is 0.467. The molecule has 4 nitrogen and oxygen atoms in total. The molecule has 0 spiro atoms. The molecular weight excluding hydrogens is 240 g/mol. The molecule has 1 rings (SSSR count). The molecule has 0 saturated carbocycles. The average molecular weight is 260 g/mol. The van der Waals surface area contributed by atoms with Crippen LogP contribution >= 0.6 is 0 Å². The number of aliphatic hydroxyl groups excluding tert-OH is 1. The average Bonchev–Trinajstić information content (AvgIpc) is 2.45. The summed E-state index contributed by atoms with van der Waals surface area (Å²) < 4.78 is 0. The third kappa shape index (κ3) is 4.38. The van der Waals surface area contributed by atoms with Crippen LogP contribution in [0, 0.1) is 11.8 Å². The van der Waals surface area contributed by atoms with Gasteiger partial charge in [0.2, 0.25) is 0 Å². The van der Waals surface area contributed by atoms with Gasteiger partial charge in [-0.15, -0.1) is 0 Å². The molecule has 19 heavy (non-hydrogen) atoms. The van der Waals surface area contributed by atoms with Crippen molar-refractivity contribution in [3.63, 3.8) is 0 Å². The minimum atomic E-state index is -0.0138. The van der Waals surface area contributed by atoms with Crippen LogP contribution in [0.5, 0.6) is 0 Å². The standard InChI is InChI=1S/C15H20N2O2/c1-3-10-17(4-2)15(19)14-8-9-16-12-13(14)7-5-6-11-18/h8-9,12,18H,3-4,6,10-11H2,1-2H3. The van der Waals surface area contributed by atoms with E-state index < -0.39 is 0 Å². The van der Waals surface area contributed by atoms with Gasteiger partial charge in [0.1, 0.15) is 0 Å². The quantitative estimate of drug-likeness (QED) is 0.820. The topological polar surface area (TPSA) is 53.4 Å². The number of nitrogens with zero attached hydrogens (tertiary/aromatic N) is 2. The van der Waals surface area contributed by atoms with E-state index in [9.17, 15) is 4.79 Å². The highest BCUT2D eigenvalue weighted by Crippen LogP contribution is 2.10. The van der Waals surface area contributed by atoms with Crippen molar-refractivity contribution < 1.29 is 9.90 Å². The van der Waals surface area contributed by atoms with Gasteiger partial charge in [-0.25, -0.2) is 0 Å². The fourth-order valence-electron chi connectivity index (χ4n) is 1.74. The summed E-state index contributed by atoms with van der Waals surface area (Å²) in [4.78, 5) is 18.2. The van der Waals surface area contributed by atoms with Crippen molar-refractivity contribution in [1.29, 1.82) is 0 Å². The molecule has 1 N–H and O–H groups in total. The second-order valence-corrected chi connectivity index (χ2v) is 4.08. The summed E-state index contributed by atoms with van der Waals surface area (Å²) in [6.45, 7) is 5.45. The number of aliphatic hydroxyl groups is 1. The Balaban J connectivity index is 2.99. The smallest absolute Gasteiger partial charge is 0.255 e. The Morgan fingerprint density at radius 3 is 2.89 bits per heavy atom. The normalized spacial score (nSPS) is 9.63. The molecule has 0 saturated heterocycles. The summed E-state index contributed by atoms with van der Waals surface area (Å²) in [5, 5.41) is 8.73. The molecule has 0 bridgehead atoms. The molecule has 1 amide bonds. The van der Waals surface area contributed by atoms with E-state index >= 15 is 0 Å². The largest absolute Gasteiger partial charge is 0.395 e. The maximum atomic E-state index is 12.4. The SMILES string of the molecule is CCCN(CC)C(=O)c1ccncc1C#CCCO. The lowest BCUT2D eigenvalue weighted by Crippen LogP contribution is -2.32. The van der Waals surface area contributed by atoms with Crippen molar-refractivity contribution >= 4 is 5.91 Å². The molecule has 1 aromatic heterocycles. The summed E-state index contributed by atoms with van der Waals surface area (Å²) in [6, 6.07) is 1.70. The Hall–Kier alpha value is -1.86. The number of pyridine rings is 1. The van der Waals surface area contributed by atoms with E-state index in [4.69, 9.17) is 5.11 Å². The van der Waals surface area contributed by atoms with Crippen molar-refractivity contribution in [1.82, 2.24) is 9.88 Å². The molecule has 0 unspecified atom stereocenters. The summed E-state index contributed by atoms with van der Waals surface area (Å²) in [5.41, 5.74) is 1.20. The molecular formula is C15H20N2O2. The third-order valence-corrected chi connectivity index (χ3v) is 2.67. The first-order valence-electron chi connectivity index (χ1n) is 6.57. The van der Waals surface area contributed by atoms with E-state index in [0.717, 1.165) is 13.0 Å². The van der Waals surface area contributed by atoms with Crippen LogP contribution < -0.4 is 0 Å². The highest BCUT2D eigenvalue weighted by Gasteiger charge is 2.16. The molecule has 0 aliphatic carbocycles. The van der Waals surface area contributed by atoms with Gasteiger partial charge in [-0.2, -0.15) is 0 Å². The first-order valence-corrected chi connectivity index (χ1v) is 6.57. The highest BCUT2D eigenvalue weighted by molar-refractivity contribution is 5.96. The zero-order valence-electron chi connectivity index (χ0n) is 11.5. The molecule has 1 aromatic rings. The van der Waals surface area contributed by atoms with Gasteiger partial charge < -0.3 is 10.0 Å². The maximum absolute atomic E-state index is 12.4. The number of rotatable bonds is 5. The second kappa shape index (κ2) is 8.28. The van der Waals surface area contributed by atoms with E-state index in [2.05, 4.69) is 16.8 Å². The van der Waals surface area contributed by atoms with Gasteiger partial charge >= 0.3 is 0 Å². The van der Waals surface area contributed by atoms with Gasteiger partial charge in [-0.05, 0) is 19.4 Å². The molecule has 0 aromatic carbocycles. The molecule has 4 heteroatoms. The fourth-order valence-corrected chi connectivity index (χ4v) is 1.74. The van der Waals surface area contributed by atoms with E-state index in [1.807, 2.05) is 13.8 Å². The highest BCUT2D eigenvalue weighted by atomic mass is 16.2. The van der Waals surface area contributed by atoms with Crippen LogP contribution in [0.4, 0.5) is 0 Å². The van der Waals surface area contributed by atoms with E-state index in [1.165, 1.54) is 0 Å². The van der Waals surface area contributed by atoms with Gasteiger partial charge in [-0.3, -0.25) is 9.78 Å². The second-order valence-electron chi connectivity index (χ2n) is 4.08. The molecule has 0 aliphatic rings. The number of aromatic nitrogens is 1. The number of carbonyl (C=O) groups excluding carboxylic acids is 1. The zero-order valence-corrected chi connectivity index (χ0v) is 11.5. The Morgan fingerprint density at radius 2 is 2.26 bits per heavy atom. The monoisotopic (exact) mass is 260 g/mol. The lowest BCUT2D eigenvalue weighted by atomic mass is 10.1. The maximum Gasteiger partial charge on any atom is 0.255 e. The first-order chi connectivity index (χ1) is 9.24. The Labute approximate surface area is 114 Å². The van der Waals surface area contributed by atoms with Gasteiger partial charge in [0.25, 0.3) is 5.91 Å². The van der Waals surface area contributed by atoms with Gasteiger partial charge in [0.15, 0.2) is 0 Å². The van der Waals surface area contributed by atoms with Crippen LogP contribution in [-0.2, 0) is 0 Å². The van der Waals surface area contributed by atoms with E-state index in [-0.39, 0.29) is 12.5 Å². The zero-order chi connectivity index (χ0) is 14.1. The Bertz CT molecular complexity index is 475. The summed E-state index contributed by atoms with van der Waals surface area (Å²) in [7, 11) is 0. The number of hydrogen-bond donors (Lipinski definition) is 1. The molecule has 0 fully saturated rings. The molecule has 1 heterocycles. The van der Waals surface area contributed by atoms with Crippen LogP contribution in [0.25, 0.3) is 0 Å². The van der Waals surface area contributed by atoms with Gasteiger partial charge in [0, 0.05) is 31.9 Å². The predicted octanol–water partition coefficient (Wildman–Crippen LogP) is 1.69. The minimum absolute atomic E-state index is 0.0138. The summed E-state index contributed by atoms with van der Waals surface area (Å²) in [6.07, 6.45) is 4.52. The third-order valence-electron chi connectivity index (χ3n) is 2.67. The molecule has 0 aliphatic heterocycles. The van der Waals surface area contributed by atoms with Crippen LogP contribution in [0.15, 0.2) is 18.5 Å². The van der Waals surface area contributed by atoms with Crippen LogP contribution in [0.3, 0.4) is 0 Å². The van der Waals surface area contributed by atoms with E-state index in [0.29, 0.717) is 24.1 Å². The first kappa shape index (κ1) is 15.2. The number of amides is 1. The van der Waals surface area contributed by atoms with Crippen LogP contribution in [-0.4, -0.2) is 40.6 Å². The van der Waals surface area contributed by atoms with Crippen molar-refractivity contribution in [3.8, 4) is 11.8 Å². The Morgan fingerprint density at radius 1 is 1.47 bits per heavy atom. The summed E-state index contributed by atoms with van der Waals surface area (Å²) in [5.74, 6) is 5.71. The summed E-state index contributed by atoms with van der Waals surface area (Å²) >= 11 is 0. The predicted molar refractivity (Wildman–Crippen MR) is 74.7 cm³/mol. The molecule has 102 valence electrons. The Kier molecular flexibility index (Phi) is 6.62. The van der Waals surface area contributed by atoms with Crippen molar-refractivity contribution in [3.05, 3.63) is 29.6 Å². The lowest BCUT2D eigenvalue weighted by molar-refractivity contribution is 0.0764. The van der Waals surface area contributed by atoms with Crippen LogP contribution in [0.1, 0.15) is 42.6 Å². The van der Waals surface area contributed by atoms with Crippen molar-refractivity contribution in [2.24, 2.45) is 0 Å². The van der Waals surface area contributed by atoms with Crippen molar-refractivity contribution in [2.75, 3.05) is 19.7 Å². The van der Waals surface area contributed by atoms with E-state index in [1.54, 1.807) is 23.4 Å². The lowest BCUT2D eigenvalue weighted by Gasteiger charge is -2.20. The number of hydrogen-bond acceptors (Lipinski definition) is 3. The van der Waals surface area contributed by atoms with Crippen LogP contribution in [0.2, 0.25) is 0 Å². The van der Waals surface area contributed by atoms with Gasteiger partial charge in [0.05, 0.1) is 17.7 Å². The number of carbonyl (C=O) groups is 1. The van der Waals surface area contributed by atoms with Crippen molar-refractivity contribution in [2.45, 2.75) is 26.7 Å².